The van der Waals surface area contributed by atoms with Gasteiger partial charge in [-0.1, -0.05) is 6.07 Å². The Morgan fingerprint density at radius 1 is 1.29 bits per heavy atom. The Bertz CT molecular complexity index is 936. The number of pyridine rings is 1. The number of benzene rings is 1. The fourth-order valence-corrected chi connectivity index (χ4v) is 3.48. The molecule has 0 radical (unpaired) electrons. The number of aromatic nitrogens is 1. The minimum atomic E-state index is -0.678. The van der Waals surface area contributed by atoms with Crippen molar-refractivity contribution in [2.45, 2.75) is 52.1 Å². The van der Waals surface area contributed by atoms with Gasteiger partial charge in [-0.2, -0.15) is 4.73 Å². The molecule has 2 heterocycles. The van der Waals surface area contributed by atoms with Crippen LogP contribution in [0.4, 0.5) is 19.3 Å². The van der Waals surface area contributed by atoms with Crippen molar-refractivity contribution in [1.29, 1.82) is 0 Å². The van der Waals surface area contributed by atoms with Gasteiger partial charge in [0, 0.05) is 24.6 Å². The molecule has 1 amide bonds. The van der Waals surface area contributed by atoms with Crippen LogP contribution < -0.4 is 9.63 Å². The molecule has 0 saturated carbocycles. The Kier molecular flexibility index (Phi) is 4.81. The van der Waals surface area contributed by atoms with Gasteiger partial charge >= 0.3 is 6.09 Å². The van der Waals surface area contributed by atoms with Crippen molar-refractivity contribution in [1.82, 2.24) is 0 Å². The largest absolute Gasteiger partial charge is 0.618 e. The van der Waals surface area contributed by atoms with E-state index in [1.54, 1.807) is 26.8 Å². The topological polar surface area (TPSA) is 56.5 Å². The summed E-state index contributed by atoms with van der Waals surface area (Å²) in [5.74, 6) is -1.34. The Morgan fingerprint density at radius 3 is 2.57 bits per heavy atom. The Balaban J connectivity index is 2.00. The molecular weight excluding hydrogens is 366 g/mol. The molecule has 1 aromatic heterocycles. The van der Waals surface area contributed by atoms with E-state index in [1.807, 2.05) is 13.8 Å². The minimum Gasteiger partial charge on any atom is -0.618 e. The number of ether oxygens (including phenoxy) is 1. The fraction of sp³-hybridized carbons (Fsp3) is 0.429. The maximum absolute atomic E-state index is 14.0. The highest BCUT2D eigenvalue weighted by atomic mass is 19.1. The monoisotopic (exact) mass is 390 g/mol. The first-order valence-corrected chi connectivity index (χ1v) is 9.08. The van der Waals surface area contributed by atoms with Gasteiger partial charge in [-0.05, 0) is 52.3 Å². The second-order valence-corrected chi connectivity index (χ2v) is 8.77. The number of anilines is 1. The van der Waals surface area contributed by atoms with Crippen molar-refractivity contribution in [3.8, 4) is 0 Å². The second-order valence-electron chi connectivity index (χ2n) is 8.77. The average molecular weight is 390 g/mol. The zero-order chi connectivity index (χ0) is 20.9. The van der Waals surface area contributed by atoms with Crippen LogP contribution in [0.3, 0.4) is 0 Å². The lowest BCUT2D eigenvalue weighted by atomic mass is 9.91. The highest BCUT2D eigenvalue weighted by Gasteiger charge is 2.46. The standard InChI is InChI=1S/C21H24F2N2O3/c1-20(2,3)28-19(26)24-12-21(4,5)18-17(24)9-13(11-25(18)27)8-14-6-7-15(22)10-16(14)23/h6-7,9-11H,8,12H2,1-5H3. The van der Waals surface area contributed by atoms with Gasteiger partial charge in [-0.3, -0.25) is 4.90 Å². The molecule has 0 fully saturated rings. The molecule has 1 aliphatic rings. The van der Waals surface area contributed by atoms with Gasteiger partial charge < -0.3 is 9.94 Å². The lowest BCUT2D eigenvalue weighted by Crippen LogP contribution is -2.40. The SMILES string of the molecule is CC(C)(C)OC(=O)N1CC(C)(C)c2c1cc(Cc1ccc(F)cc1F)c[n+]2[O-]. The molecule has 150 valence electrons. The lowest BCUT2D eigenvalue weighted by Gasteiger charge is -2.25. The van der Waals surface area contributed by atoms with E-state index >= 15 is 0 Å². The lowest BCUT2D eigenvalue weighted by molar-refractivity contribution is -0.616. The molecule has 0 aliphatic carbocycles. The summed E-state index contributed by atoms with van der Waals surface area (Å²) in [7, 11) is 0. The number of halogens is 2. The summed E-state index contributed by atoms with van der Waals surface area (Å²) in [6.45, 7) is 9.37. The number of carbonyl (C=O) groups excluding carboxylic acids is 1. The normalized spacial score (nSPS) is 15.5. The van der Waals surface area contributed by atoms with Gasteiger partial charge in [0.2, 0.25) is 5.69 Å². The van der Waals surface area contributed by atoms with Crippen LogP contribution in [0.5, 0.6) is 0 Å². The molecule has 1 aliphatic heterocycles. The number of rotatable bonds is 2. The van der Waals surface area contributed by atoms with Crippen LogP contribution in [0, 0.1) is 16.8 Å². The third-order valence-electron chi connectivity index (χ3n) is 4.58. The van der Waals surface area contributed by atoms with Crippen molar-refractivity contribution >= 4 is 11.8 Å². The summed E-state index contributed by atoms with van der Waals surface area (Å²) < 4.78 is 33.4. The van der Waals surface area contributed by atoms with Crippen molar-refractivity contribution in [3.63, 3.8) is 0 Å². The van der Waals surface area contributed by atoms with E-state index in [0.717, 1.165) is 10.8 Å². The van der Waals surface area contributed by atoms with Gasteiger partial charge in [0.25, 0.3) is 0 Å². The first-order chi connectivity index (χ1) is 12.9. The highest BCUT2D eigenvalue weighted by Crippen LogP contribution is 2.39. The summed E-state index contributed by atoms with van der Waals surface area (Å²) in [5, 5.41) is 12.7. The van der Waals surface area contributed by atoms with E-state index in [1.165, 1.54) is 23.2 Å². The summed E-state index contributed by atoms with van der Waals surface area (Å²) in [6, 6.07) is 5.03. The first kappa shape index (κ1) is 20.0. The molecule has 0 unspecified atom stereocenters. The maximum Gasteiger partial charge on any atom is 0.415 e. The van der Waals surface area contributed by atoms with Crippen LogP contribution in [0.25, 0.3) is 0 Å². The van der Waals surface area contributed by atoms with Crippen molar-refractivity contribution < 1.29 is 23.0 Å². The molecule has 0 N–H and O–H groups in total. The van der Waals surface area contributed by atoms with Gasteiger partial charge in [-0.25, -0.2) is 13.6 Å². The van der Waals surface area contributed by atoms with Crippen LogP contribution in [0.15, 0.2) is 30.5 Å². The Hall–Kier alpha value is -2.70. The summed E-state index contributed by atoms with van der Waals surface area (Å²) in [5.41, 5.74) is 0.462. The quantitative estimate of drug-likeness (QED) is 0.570. The molecule has 28 heavy (non-hydrogen) atoms. The molecule has 0 atom stereocenters. The number of hydrogen-bond acceptors (Lipinski definition) is 3. The second kappa shape index (κ2) is 6.72. The smallest absolute Gasteiger partial charge is 0.415 e. The predicted octanol–water partition coefficient (Wildman–Crippen LogP) is 4.22. The van der Waals surface area contributed by atoms with E-state index in [0.29, 0.717) is 23.5 Å². The summed E-state index contributed by atoms with van der Waals surface area (Å²) >= 11 is 0. The molecule has 7 heteroatoms. The first-order valence-electron chi connectivity index (χ1n) is 9.08. The number of fused-ring (bicyclic) bond motifs is 1. The van der Waals surface area contributed by atoms with Crippen molar-refractivity contribution in [2.24, 2.45) is 0 Å². The van der Waals surface area contributed by atoms with Crippen LogP contribution in [-0.4, -0.2) is 18.2 Å². The zero-order valence-electron chi connectivity index (χ0n) is 16.7. The van der Waals surface area contributed by atoms with Crippen LogP contribution >= 0.6 is 0 Å². The van der Waals surface area contributed by atoms with Gasteiger partial charge in [0.05, 0.1) is 5.41 Å². The van der Waals surface area contributed by atoms with Gasteiger partial charge in [-0.15, -0.1) is 0 Å². The summed E-state index contributed by atoms with van der Waals surface area (Å²) in [6.07, 6.45) is 0.941. The predicted molar refractivity (Wildman–Crippen MR) is 101 cm³/mol. The molecule has 0 saturated heterocycles. The number of carbonyl (C=O) groups is 1. The van der Waals surface area contributed by atoms with E-state index in [2.05, 4.69) is 0 Å². The van der Waals surface area contributed by atoms with Crippen molar-refractivity contribution in [2.75, 3.05) is 11.4 Å². The molecule has 5 nitrogen and oxygen atoms in total. The molecule has 0 spiro atoms. The Morgan fingerprint density at radius 2 is 1.96 bits per heavy atom. The van der Waals surface area contributed by atoms with Gasteiger partial charge in [0.15, 0.2) is 6.20 Å². The van der Waals surface area contributed by atoms with Crippen LogP contribution in [-0.2, 0) is 16.6 Å². The molecule has 0 bridgehead atoms. The molecular formula is C21H24F2N2O3. The third kappa shape index (κ3) is 3.93. The third-order valence-corrected chi connectivity index (χ3v) is 4.58. The van der Waals surface area contributed by atoms with E-state index < -0.39 is 28.7 Å². The molecule has 3 rings (SSSR count). The van der Waals surface area contributed by atoms with Crippen LogP contribution in [0.1, 0.15) is 51.4 Å². The fourth-order valence-electron chi connectivity index (χ4n) is 3.48. The molecule has 2 aromatic rings. The number of hydrogen-bond donors (Lipinski definition) is 0. The van der Waals surface area contributed by atoms with Crippen molar-refractivity contribution in [3.05, 3.63) is 64.1 Å². The van der Waals surface area contributed by atoms with E-state index in [9.17, 15) is 18.8 Å². The number of amides is 1. The summed E-state index contributed by atoms with van der Waals surface area (Å²) in [4.78, 5) is 14.1. The average Bonchev–Trinajstić information content (AvgIpc) is 2.80. The maximum atomic E-state index is 14.0. The molecule has 1 aromatic carbocycles. The minimum absolute atomic E-state index is 0.101. The Labute approximate surface area is 163 Å². The van der Waals surface area contributed by atoms with E-state index in [-0.39, 0.29) is 12.0 Å². The highest BCUT2D eigenvalue weighted by molar-refractivity contribution is 5.90. The van der Waals surface area contributed by atoms with E-state index in [4.69, 9.17) is 4.74 Å². The van der Waals surface area contributed by atoms with Crippen LogP contribution in [0.2, 0.25) is 0 Å². The number of nitrogens with zero attached hydrogens (tertiary/aromatic N) is 2. The van der Waals surface area contributed by atoms with Gasteiger partial charge in [0.1, 0.15) is 22.9 Å². The zero-order valence-corrected chi connectivity index (χ0v) is 16.7.